The van der Waals surface area contributed by atoms with Gasteiger partial charge in [-0.1, -0.05) is 47.6 Å². The molecule has 5 nitrogen and oxygen atoms in total. The van der Waals surface area contributed by atoms with E-state index in [1.165, 1.54) is 0 Å². The van der Waals surface area contributed by atoms with E-state index >= 15 is 0 Å². The molecule has 0 fully saturated rings. The number of hydrogen-bond donors (Lipinski definition) is 0. The predicted molar refractivity (Wildman–Crippen MR) is 149 cm³/mol. The highest BCUT2D eigenvalue weighted by atomic mass is 127. The highest BCUT2D eigenvalue weighted by Crippen LogP contribution is 2.32. The second-order valence-electron chi connectivity index (χ2n) is 6.97. The number of benzene rings is 3. The van der Waals surface area contributed by atoms with Crippen LogP contribution in [0, 0.1) is 0 Å². The van der Waals surface area contributed by atoms with E-state index in [2.05, 4.69) is 29.2 Å². The number of amidine groups is 1. The van der Waals surface area contributed by atoms with E-state index in [-0.39, 0.29) is 24.0 Å². The second-order valence-corrected chi connectivity index (χ2v) is 8.18. The minimum Gasteiger partial charge on any atom is -0.497 e. The lowest BCUT2D eigenvalue weighted by molar-refractivity contribution is 0.404. The lowest BCUT2D eigenvalue weighted by atomic mass is 10.1. The van der Waals surface area contributed by atoms with Crippen LogP contribution in [-0.4, -0.2) is 37.7 Å². The van der Waals surface area contributed by atoms with E-state index in [4.69, 9.17) is 30.8 Å². The molecule has 0 aliphatic rings. The van der Waals surface area contributed by atoms with Crippen molar-refractivity contribution in [1.82, 2.24) is 4.90 Å². The summed E-state index contributed by atoms with van der Waals surface area (Å²) in [4.78, 5) is 7.15. The lowest BCUT2D eigenvalue weighted by Gasteiger charge is -2.26. The van der Waals surface area contributed by atoms with E-state index in [0.29, 0.717) is 29.5 Å². The van der Waals surface area contributed by atoms with Gasteiger partial charge in [0.1, 0.15) is 22.9 Å². The number of hydrogen-bond acceptors (Lipinski definition) is 5. The molecule has 3 rings (SSSR count). The smallest absolute Gasteiger partial charge is 0.164 e. The van der Waals surface area contributed by atoms with Crippen molar-refractivity contribution in [1.29, 1.82) is 0 Å². The van der Waals surface area contributed by atoms with Gasteiger partial charge >= 0.3 is 0 Å². The van der Waals surface area contributed by atoms with Gasteiger partial charge in [0, 0.05) is 18.1 Å². The van der Waals surface area contributed by atoms with Crippen molar-refractivity contribution in [2.24, 2.45) is 4.99 Å². The largest absolute Gasteiger partial charge is 0.497 e. The third-order valence-corrected chi connectivity index (χ3v) is 5.82. The molecule has 0 aliphatic carbocycles. The van der Waals surface area contributed by atoms with Crippen LogP contribution >= 0.6 is 47.3 Å². The number of rotatable bonds is 8. The average molecular weight is 599 g/mol. The van der Waals surface area contributed by atoms with Gasteiger partial charge in [-0.05, 0) is 59.8 Å². The SMILES string of the molecule is COc1ccc(CN(Cc2ccc(OC)cc2)C(=Nc2cc(Cl)ccc2OC)SC)cc1.I. The van der Waals surface area contributed by atoms with Gasteiger partial charge in [-0.15, -0.1) is 24.0 Å². The summed E-state index contributed by atoms with van der Waals surface area (Å²) in [5.74, 6) is 2.34. The van der Waals surface area contributed by atoms with Gasteiger partial charge in [0.2, 0.25) is 0 Å². The number of nitrogens with zero attached hydrogens (tertiary/aromatic N) is 2. The molecule has 33 heavy (non-hydrogen) atoms. The number of aliphatic imine (C=N–C) groups is 1. The zero-order chi connectivity index (χ0) is 22.9. The predicted octanol–water partition coefficient (Wildman–Crippen LogP) is 7.04. The minimum absolute atomic E-state index is 0. The fourth-order valence-electron chi connectivity index (χ4n) is 3.19. The van der Waals surface area contributed by atoms with Crippen molar-refractivity contribution in [2.45, 2.75) is 13.1 Å². The maximum absolute atomic E-state index is 6.23. The summed E-state index contributed by atoms with van der Waals surface area (Å²) in [5, 5.41) is 1.47. The molecule has 8 heteroatoms. The molecule has 0 N–H and O–H groups in total. The molecule has 0 aliphatic heterocycles. The van der Waals surface area contributed by atoms with Crippen molar-refractivity contribution >= 4 is 58.2 Å². The van der Waals surface area contributed by atoms with Crippen LogP contribution in [0.3, 0.4) is 0 Å². The number of halogens is 2. The Morgan fingerprint density at radius 2 is 1.33 bits per heavy atom. The fraction of sp³-hybridized carbons (Fsp3) is 0.240. The van der Waals surface area contributed by atoms with Crippen molar-refractivity contribution < 1.29 is 14.2 Å². The second kappa shape index (κ2) is 13.6. The first-order chi connectivity index (χ1) is 15.6. The Morgan fingerprint density at radius 1 is 0.818 bits per heavy atom. The van der Waals surface area contributed by atoms with Gasteiger partial charge in [-0.3, -0.25) is 0 Å². The summed E-state index contributed by atoms with van der Waals surface area (Å²) in [6.45, 7) is 1.36. The van der Waals surface area contributed by atoms with Gasteiger partial charge in [0.25, 0.3) is 0 Å². The van der Waals surface area contributed by atoms with Crippen LogP contribution < -0.4 is 14.2 Å². The van der Waals surface area contributed by atoms with E-state index in [1.54, 1.807) is 39.2 Å². The van der Waals surface area contributed by atoms with Gasteiger partial charge in [-0.25, -0.2) is 4.99 Å². The molecule has 0 amide bonds. The molecule has 3 aromatic rings. The van der Waals surface area contributed by atoms with E-state index in [0.717, 1.165) is 27.8 Å². The molecular formula is C25H28ClIN2O3S. The van der Waals surface area contributed by atoms with Crippen LogP contribution in [0.1, 0.15) is 11.1 Å². The van der Waals surface area contributed by atoms with Gasteiger partial charge in [0.15, 0.2) is 5.17 Å². The summed E-state index contributed by atoms with van der Waals surface area (Å²) in [6.07, 6.45) is 2.02. The first-order valence-corrected chi connectivity index (χ1v) is 11.6. The Kier molecular flexibility index (Phi) is 11.2. The van der Waals surface area contributed by atoms with Crippen LogP contribution in [0.15, 0.2) is 71.7 Å². The molecular weight excluding hydrogens is 571 g/mol. The van der Waals surface area contributed by atoms with E-state index in [9.17, 15) is 0 Å². The average Bonchev–Trinajstić information content (AvgIpc) is 2.83. The van der Waals surface area contributed by atoms with Gasteiger partial charge in [0.05, 0.1) is 21.3 Å². The van der Waals surface area contributed by atoms with E-state index in [1.807, 2.05) is 42.7 Å². The highest BCUT2D eigenvalue weighted by Gasteiger charge is 2.15. The summed E-state index contributed by atoms with van der Waals surface area (Å²) in [7, 11) is 4.97. The first-order valence-electron chi connectivity index (χ1n) is 10.0. The number of thioether (sulfide) groups is 1. The molecule has 0 spiro atoms. The van der Waals surface area contributed by atoms with E-state index < -0.39 is 0 Å². The molecule has 0 heterocycles. The molecule has 0 bridgehead atoms. The Bertz CT molecular complexity index is 997. The zero-order valence-corrected chi connectivity index (χ0v) is 23.0. The quantitative estimate of drug-likeness (QED) is 0.158. The van der Waals surface area contributed by atoms with Crippen LogP contribution in [0.25, 0.3) is 0 Å². The lowest BCUT2D eigenvalue weighted by Crippen LogP contribution is -2.27. The van der Waals surface area contributed by atoms with Crippen LogP contribution in [0.2, 0.25) is 5.02 Å². The maximum Gasteiger partial charge on any atom is 0.164 e. The van der Waals surface area contributed by atoms with Crippen LogP contribution in [0.5, 0.6) is 17.2 Å². The summed E-state index contributed by atoms with van der Waals surface area (Å²) in [5.41, 5.74) is 3.00. The van der Waals surface area contributed by atoms with Crippen LogP contribution in [-0.2, 0) is 13.1 Å². The first kappa shape index (κ1) is 27.1. The fourth-order valence-corrected chi connectivity index (χ4v) is 3.94. The standard InChI is InChI=1S/C25H27ClN2O3S.HI/c1-29-21-10-5-18(6-11-21)16-28(17-19-7-12-22(30-2)13-8-19)25(32-4)27-23-15-20(26)9-14-24(23)31-3;/h5-15H,16-17H2,1-4H3;1H. The summed E-state index contributed by atoms with van der Waals surface area (Å²) >= 11 is 7.81. The van der Waals surface area contributed by atoms with Gasteiger partial charge < -0.3 is 19.1 Å². The minimum atomic E-state index is 0. The third kappa shape index (κ3) is 7.72. The Hall–Kier alpha value is -2.10. The summed E-state index contributed by atoms with van der Waals surface area (Å²) < 4.78 is 16.1. The number of ether oxygens (including phenoxy) is 3. The van der Waals surface area contributed by atoms with Crippen molar-refractivity contribution in [2.75, 3.05) is 27.6 Å². The third-order valence-electron chi connectivity index (χ3n) is 4.88. The molecule has 0 saturated heterocycles. The molecule has 3 aromatic carbocycles. The van der Waals surface area contributed by atoms with Crippen LogP contribution in [0.4, 0.5) is 5.69 Å². The molecule has 0 atom stereocenters. The molecule has 0 unspecified atom stereocenters. The normalized spacial score (nSPS) is 10.9. The molecule has 0 aromatic heterocycles. The monoisotopic (exact) mass is 598 g/mol. The maximum atomic E-state index is 6.23. The Balaban J connectivity index is 0.00000385. The Morgan fingerprint density at radius 3 is 1.76 bits per heavy atom. The topological polar surface area (TPSA) is 43.3 Å². The van der Waals surface area contributed by atoms with Crippen molar-refractivity contribution in [3.8, 4) is 17.2 Å². The van der Waals surface area contributed by atoms with Crippen molar-refractivity contribution in [3.63, 3.8) is 0 Å². The number of methoxy groups -OCH3 is 3. The Labute approximate surface area is 222 Å². The van der Waals surface area contributed by atoms with Crippen molar-refractivity contribution in [3.05, 3.63) is 82.9 Å². The molecule has 0 radical (unpaired) electrons. The molecule has 0 saturated carbocycles. The highest BCUT2D eigenvalue weighted by molar-refractivity contribution is 14.0. The molecule has 176 valence electrons. The zero-order valence-electron chi connectivity index (χ0n) is 19.1. The van der Waals surface area contributed by atoms with Gasteiger partial charge in [-0.2, -0.15) is 0 Å². The summed E-state index contributed by atoms with van der Waals surface area (Å²) in [6, 6.07) is 21.6.